The van der Waals surface area contributed by atoms with E-state index < -0.39 is 0 Å². The fourth-order valence-electron chi connectivity index (χ4n) is 2.47. The van der Waals surface area contributed by atoms with E-state index in [0.29, 0.717) is 10.5 Å². The van der Waals surface area contributed by atoms with Gasteiger partial charge in [-0.05, 0) is 19.2 Å². The number of fused-ring (bicyclic) bond motifs is 1. The fourth-order valence-corrected chi connectivity index (χ4v) is 2.69. The average Bonchev–Trinajstić information content (AvgIpc) is 2.40. The van der Waals surface area contributed by atoms with Crippen molar-refractivity contribution in [1.29, 1.82) is 0 Å². The van der Waals surface area contributed by atoms with E-state index >= 15 is 0 Å². The zero-order valence-electron chi connectivity index (χ0n) is 10.8. The molecule has 1 aliphatic heterocycles. The Morgan fingerprint density at radius 2 is 1.95 bits per heavy atom. The van der Waals surface area contributed by atoms with Crippen LogP contribution in [0.1, 0.15) is 0 Å². The molecule has 4 nitrogen and oxygen atoms in total. The first-order chi connectivity index (χ1) is 9.15. The molecule has 0 unspecified atom stereocenters. The zero-order chi connectivity index (χ0) is 13.4. The average molecular weight is 278 g/mol. The maximum atomic E-state index is 12.2. The van der Waals surface area contributed by atoms with Gasteiger partial charge in [0, 0.05) is 31.6 Å². The Morgan fingerprint density at radius 1 is 1.21 bits per heavy atom. The molecule has 0 spiro atoms. The first kappa shape index (κ1) is 12.5. The summed E-state index contributed by atoms with van der Waals surface area (Å²) in [5.74, 6) is 0. The van der Waals surface area contributed by atoms with E-state index in [1.165, 1.54) is 0 Å². The summed E-state index contributed by atoms with van der Waals surface area (Å²) in [6.07, 6.45) is 0. The first-order valence-corrected chi connectivity index (χ1v) is 6.78. The van der Waals surface area contributed by atoms with Crippen molar-refractivity contribution >= 4 is 28.2 Å². The van der Waals surface area contributed by atoms with Gasteiger partial charge in [-0.1, -0.05) is 23.7 Å². The van der Waals surface area contributed by atoms with Gasteiger partial charge in [0.1, 0.15) is 5.69 Å². The van der Waals surface area contributed by atoms with Crippen LogP contribution in [0.25, 0.3) is 10.9 Å². The fraction of sp³-hybridized carbons (Fsp3) is 0.357. The third kappa shape index (κ3) is 2.33. The van der Waals surface area contributed by atoms with Crippen molar-refractivity contribution in [3.63, 3.8) is 0 Å². The third-order valence-electron chi connectivity index (χ3n) is 3.65. The van der Waals surface area contributed by atoms with E-state index in [4.69, 9.17) is 11.6 Å². The van der Waals surface area contributed by atoms with Crippen molar-refractivity contribution in [2.75, 3.05) is 38.1 Å². The van der Waals surface area contributed by atoms with E-state index in [2.05, 4.69) is 21.8 Å². The summed E-state index contributed by atoms with van der Waals surface area (Å²) in [6, 6.07) is 7.59. The highest BCUT2D eigenvalue weighted by atomic mass is 35.5. The molecule has 3 rings (SSSR count). The van der Waals surface area contributed by atoms with Gasteiger partial charge >= 0.3 is 0 Å². The maximum Gasteiger partial charge on any atom is 0.272 e. The SMILES string of the molecule is CN1CCN(c2cc3cccc(Cl)c3[nH]c2=O)CC1. The predicted molar refractivity (Wildman–Crippen MR) is 79.3 cm³/mol. The van der Waals surface area contributed by atoms with Crippen molar-refractivity contribution < 1.29 is 0 Å². The monoisotopic (exact) mass is 277 g/mol. The smallest absolute Gasteiger partial charge is 0.272 e. The van der Waals surface area contributed by atoms with Crippen molar-refractivity contribution in [3.8, 4) is 0 Å². The van der Waals surface area contributed by atoms with Crippen LogP contribution in [0.2, 0.25) is 5.02 Å². The molecule has 0 saturated carbocycles. The van der Waals surface area contributed by atoms with Crippen LogP contribution in [0.4, 0.5) is 5.69 Å². The van der Waals surface area contributed by atoms with Gasteiger partial charge in [0.25, 0.3) is 5.56 Å². The van der Waals surface area contributed by atoms with Gasteiger partial charge in [0.15, 0.2) is 0 Å². The molecular weight excluding hydrogens is 262 g/mol. The number of aromatic nitrogens is 1. The molecule has 19 heavy (non-hydrogen) atoms. The number of H-pyrrole nitrogens is 1. The van der Waals surface area contributed by atoms with Gasteiger partial charge in [-0.2, -0.15) is 0 Å². The number of hydrogen-bond donors (Lipinski definition) is 1. The van der Waals surface area contributed by atoms with Crippen LogP contribution in [0.5, 0.6) is 0 Å². The highest BCUT2D eigenvalue weighted by molar-refractivity contribution is 6.35. The number of anilines is 1. The van der Waals surface area contributed by atoms with E-state index in [1.807, 2.05) is 18.2 Å². The van der Waals surface area contributed by atoms with Crippen LogP contribution < -0.4 is 10.5 Å². The van der Waals surface area contributed by atoms with Crippen LogP contribution in [0, 0.1) is 0 Å². The minimum atomic E-state index is -0.0647. The highest BCUT2D eigenvalue weighted by Crippen LogP contribution is 2.23. The lowest BCUT2D eigenvalue weighted by Crippen LogP contribution is -2.46. The number of benzene rings is 1. The molecule has 0 atom stereocenters. The van der Waals surface area contributed by atoms with Gasteiger partial charge in [0.2, 0.25) is 0 Å². The summed E-state index contributed by atoms with van der Waals surface area (Å²) in [5.41, 5.74) is 1.39. The number of pyridine rings is 1. The quantitative estimate of drug-likeness (QED) is 0.866. The number of hydrogen-bond acceptors (Lipinski definition) is 3. The van der Waals surface area contributed by atoms with Crippen molar-refractivity contribution in [2.45, 2.75) is 0 Å². The van der Waals surface area contributed by atoms with Crippen LogP contribution in [0.15, 0.2) is 29.1 Å². The summed E-state index contributed by atoms with van der Waals surface area (Å²) in [6.45, 7) is 3.72. The molecule has 2 heterocycles. The van der Waals surface area contributed by atoms with Crippen molar-refractivity contribution in [3.05, 3.63) is 39.6 Å². The molecule has 1 aromatic heterocycles. The summed E-state index contributed by atoms with van der Waals surface area (Å²) < 4.78 is 0. The molecule has 1 aromatic carbocycles. The number of piperazine rings is 1. The third-order valence-corrected chi connectivity index (χ3v) is 3.97. The van der Waals surface area contributed by atoms with Crippen LogP contribution in [-0.2, 0) is 0 Å². The summed E-state index contributed by atoms with van der Waals surface area (Å²) >= 11 is 6.10. The summed E-state index contributed by atoms with van der Waals surface area (Å²) in [7, 11) is 2.10. The van der Waals surface area contributed by atoms with E-state index in [-0.39, 0.29) is 5.56 Å². The van der Waals surface area contributed by atoms with Gasteiger partial charge in [-0.25, -0.2) is 0 Å². The minimum absolute atomic E-state index is 0.0647. The molecule has 0 aliphatic carbocycles. The molecular formula is C14H16ClN3O. The van der Waals surface area contributed by atoms with E-state index in [9.17, 15) is 4.79 Å². The van der Waals surface area contributed by atoms with Gasteiger partial charge in [-0.15, -0.1) is 0 Å². The number of aromatic amines is 1. The topological polar surface area (TPSA) is 39.3 Å². The van der Waals surface area contributed by atoms with Gasteiger partial charge < -0.3 is 14.8 Å². The van der Waals surface area contributed by atoms with Crippen molar-refractivity contribution in [2.24, 2.45) is 0 Å². The molecule has 5 heteroatoms. The Bertz CT molecular complexity index is 659. The lowest BCUT2D eigenvalue weighted by molar-refractivity contribution is 0.312. The molecule has 1 aliphatic rings. The Morgan fingerprint density at radius 3 is 2.68 bits per heavy atom. The summed E-state index contributed by atoms with van der Waals surface area (Å²) in [5, 5.41) is 1.56. The molecule has 1 N–H and O–H groups in total. The summed E-state index contributed by atoms with van der Waals surface area (Å²) in [4.78, 5) is 19.5. The zero-order valence-corrected chi connectivity index (χ0v) is 11.6. The lowest BCUT2D eigenvalue weighted by atomic mass is 10.2. The molecule has 2 aromatic rings. The van der Waals surface area contributed by atoms with Crippen LogP contribution in [0.3, 0.4) is 0 Å². The lowest BCUT2D eigenvalue weighted by Gasteiger charge is -2.33. The molecule has 0 radical (unpaired) electrons. The van der Waals surface area contributed by atoms with Gasteiger partial charge in [0.05, 0.1) is 10.5 Å². The second-order valence-corrected chi connectivity index (χ2v) is 5.39. The minimum Gasteiger partial charge on any atom is -0.365 e. The normalized spacial score (nSPS) is 17.1. The predicted octanol–water partition coefficient (Wildman–Crippen LogP) is 1.93. The number of nitrogens with one attached hydrogen (secondary N) is 1. The first-order valence-electron chi connectivity index (χ1n) is 6.40. The van der Waals surface area contributed by atoms with Crippen LogP contribution in [-0.4, -0.2) is 43.1 Å². The molecule has 1 saturated heterocycles. The maximum absolute atomic E-state index is 12.2. The number of nitrogens with zero attached hydrogens (tertiary/aromatic N) is 2. The Kier molecular flexibility index (Phi) is 3.21. The van der Waals surface area contributed by atoms with Crippen molar-refractivity contribution in [1.82, 2.24) is 9.88 Å². The van der Waals surface area contributed by atoms with Gasteiger partial charge in [-0.3, -0.25) is 4.79 Å². The molecule has 1 fully saturated rings. The second kappa shape index (κ2) is 4.87. The van der Waals surface area contributed by atoms with Crippen LogP contribution >= 0.6 is 11.6 Å². The number of rotatable bonds is 1. The molecule has 100 valence electrons. The standard InChI is InChI=1S/C14H16ClN3O/c1-17-5-7-18(8-6-17)12-9-10-3-2-4-11(15)13(10)16-14(12)19/h2-4,9H,5-8H2,1H3,(H,16,19). The molecule has 0 amide bonds. The Hall–Kier alpha value is -1.52. The number of likely N-dealkylation sites (N-methyl/N-ethyl adjacent to an activating group) is 1. The van der Waals surface area contributed by atoms with E-state index in [1.54, 1.807) is 6.07 Å². The number of halogens is 1. The second-order valence-electron chi connectivity index (χ2n) is 4.98. The van der Waals surface area contributed by atoms with E-state index in [0.717, 1.165) is 37.3 Å². The Labute approximate surface area is 116 Å². The largest absolute Gasteiger partial charge is 0.365 e. The molecule has 0 bridgehead atoms. The highest BCUT2D eigenvalue weighted by Gasteiger charge is 2.17. The Balaban J connectivity index is 2.05. The number of para-hydroxylation sites is 1.